The summed E-state index contributed by atoms with van der Waals surface area (Å²) in [6.07, 6.45) is 0. The zero-order valence-corrected chi connectivity index (χ0v) is 15.4. The van der Waals surface area contributed by atoms with E-state index < -0.39 is 0 Å². The first-order chi connectivity index (χ1) is 12.9. The number of phenolic OH excluding ortho intramolecular Hbond substituents is 2. The second-order valence-electron chi connectivity index (χ2n) is 6.33. The van der Waals surface area contributed by atoms with Gasteiger partial charge in [-0.25, -0.2) is 0 Å². The summed E-state index contributed by atoms with van der Waals surface area (Å²) in [6.45, 7) is 5.90. The molecule has 6 nitrogen and oxygen atoms in total. The summed E-state index contributed by atoms with van der Waals surface area (Å²) in [5, 5.41) is 36.8. The van der Waals surface area contributed by atoms with Gasteiger partial charge in [0.2, 0.25) is 0 Å². The monoisotopic (exact) mass is 360 g/mol. The van der Waals surface area contributed by atoms with Gasteiger partial charge in [0.25, 0.3) is 0 Å². The van der Waals surface area contributed by atoms with E-state index in [1.165, 1.54) is 12.1 Å². The Hall–Kier alpha value is -3.54. The lowest BCUT2D eigenvalue weighted by Gasteiger charge is -2.05. The fourth-order valence-electron chi connectivity index (χ4n) is 2.48. The van der Waals surface area contributed by atoms with Gasteiger partial charge in [0.15, 0.2) is 11.4 Å². The average molecular weight is 360 g/mol. The van der Waals surface area contributed by atoms with E-state index in [4.69, 9.17) is 0 Å². The number of phenols is 2. The largest absolute Gasteiger partial charge is 0.505 e. The Morgan fingerprint density at radius 1 is 0.630 bits per heavy atom. The molecule has 6 heteroatoms. The Kier molecular flexibility index (Phi) is 5.26. The molecule has 0 radical (unpaired) electrons. The van der Waals surface area contributed by atoms with Crippen LogP contribution in [0.25, 0.3) is 0 Å². The van der Waals surface area contributed by atoms with Crippen LogP contribution in [0.3, 0.4) is 0 Å². The molecule has 0 aromatic heterocycles. The topological polar surface area (TPSA) is 89.9 Å². The van der Waals surface area contributed by atoms with E-state index in [-0.39, 0.29) is 22.9 Å². The Balaban J connectivity index is 1.91. The molecule has 0 saturated heterocycles. The Bertz CT molecular complexity index is 1030. The molecule has 2 N–H and O–H groups in total. The van der Waals surface area contributed by atoms with Gasteiger partial charge >= 0.3 is 0 Å². The highest BCUT2D eigenvalue weighted by atomic mass is 16.3. The first kappa shape index (κ1) is 18.3. The molecule has 3 rings (SSSR count). The number of azo groups is 2. The SMILES string of the molecule is Cc1ccc(/N=N/c2ccc(O)c(/N=N/c3ccc(C)cc3C)c2O)cc1. The fourth-order valence-corrected chi connectivity index (χ4v) is 2.48. The van der Waals surface area contributed by atoms with Gasteiger partial charge in [-0.15, -0.1) is 10.2 Å². The maximum Gasteiger partial charge on any atom is 0.174 e. The highest BCUT2D eigenvalue weighted by molar-refractivity contribution is 5.71. The van der Waals surface area contributed by atoms with Crippen molar-refractivity contribution in [1.29, 1.82) is 0 Å². The number of hydrogen-bond donors (Lipinski definition) is 2. The van der Waals surface area contributed by atoms with E-state index in [0.717, 1.165) is 16.7 Å². The van der Waals surface area contributed by atoms with Crippen molar-refractivity contribution in [1.82, 2.24) is 0 Å². The summed E-state index contributed by atoms with van der Waals surface area (Å²) in [4.78, 5) is 0. The molecule has 0 spiro atoms. The second-order valence-corrected chi connectivity index (χ2v) is 6.33. The molecule has 0 aliphatic heterocycles. The van der Waals surface area contributed by atoms with E-state index >= 15 is 0 Å². The van der Waals surface area contributed by atoms with Crippen molar-refractivity contribution < 1.29 is 10.2 Å². The van der Waals surface area contributed by atoms with Gasteiger partial charge in [-0.3, -0.25) is 0 Å². The summed E-state index contributed by atoms with van der Waals surface area (Å²) in [7, 11) is 0. The zero-order valence-electron chi connectivity index (χ0n) is 15.4. The summed E-state index contributed by atoms with van der Waals surface area (Å²) in [5.41, 5.74) is 4.66. The van der Waals surface area contributed by atoms with Crippen LogP contribution in [0.2, 0.25) is 0 Å². The lowest BCUT2D eigenvalue weighted by Crippen LogP contribution is -1.77. The number of rotatable bonds is 4. The van der Waals surface area contributed by atoms with Crippen LogP contribution in [0.4, 0.5) is 22.7 Å². The van der Waals surface area contributed by atoms with Crippen molar-refractivity contribution in [2.45, 2.75) is 20.8 Å². The highest BCUT2D eigenvalue weighted by Gasteiger charge is 2.12. The van der Waals surface area contributed by atoms with Gasteiger partial charge in [-0.05, 0) is 56.7 Å². The van der Waals surface area contributed by atoms with Crippen molar-refractivity contribution in [2.24, 2.45) is 20.5 Å². The summed E-state index contributed by atoms with van der Waals surface area (Å²) in [5.74, 6) is -0.463. The predicted octanol–water partition coefficient (Wildman–Crippen LogP) is 6.85. The quantitative estimate of drug-likeness (QED) is 0.498. The Morgan fingerprint density at radius 3 is 1.96 bits per heavy atom. The Labute approximate surface area is 157 Å². The van der Waals surface area contributed by atoms with Gasteiger partial charge in [0.05, 0.1) is 11.4 Å². The van der Waals surface area contributed by atoms with Gasteiger partial charge in [-0.1, -0.05) is 35.4 Å². The maximum absolute atomic E-state index is 10.4. The first-order valence-corrected chi connectivity index (χ1v) is 8.46. The highest BCUT2D eigenvalue weighted by Crippen LogP contribution is 2.44. The van der Waals surface area contributed by atoms with E-state index in [1.54, 1.807) is 0 Å². The first-order valence-electron chi connectivity index (χ1n) is 8.46. The summed E-state index contributed by atoms with van der Waals surface area (Å²) >= 11 is 0. The predicted molar refractivity (Wildman–Crippen MR) is 105 cm³/mol. The number of nitrogens with zero attached hydrogens (tertiary/aromatic N) is 4. The van der Waals surface area contributed by atoms with Crippen LogP contribution in [0.15, 0.2) is 75.1 Å². The van der Waals surface area contributed by atoms with Crippen LogP contribution in [0.5, 0.6) is 11.5 Å². The lowest BCUT2D eigenvalue weighted by atomic mass is 10.1. The van der Waals surface area contributed by atoms with Crippen LogP contribution >= 0.6 is 0 Å². The van der Waals surface area contributed by atoms with Crippen LogP contribution < -0.4 is 0 Å². The molecule has 0 fully saturated rings. The normalized spacial score (nSPS) is 11.5. The van der Waals surface area contributed by atoms with Crippen molar-refractivity contribution >= 4 is 22.7 Å². The van der Waals surface area contributed by atoms with Crippen LogP contribution in [0.1, 0.15) is 16.7 Å². The smallest absolute Gasteiger partial charge is 0.174 e. The van der Waals surface area contributed by atoms with Gasteiger partial charge in [-0.2, -0.15) is 10.2 Å². The van der Waals surface area contributed by atoms with Crippen molar-refractivity contribution in [3.05, 3.63) is 71.3 Å². The number of benzene rings is 3. The molecule has 0 heterocycles. The molecule has 0 atom stereocenters. The molecule has 3 aromatic rings. The maximum atomic E-state index is 10.4. The average Bonchev–Trinajstić information content (AvgIpc) is 2.64. The van der Waals surface area contributed by atoms with Crippen LogP contribution in [-0.2, 0) is 0 Å². The molecule has 0 bridgehead atoms. The number of hydrogen-bond acceptors (Lipinski definition) is 6. The van der Waals surface area contributed by atoms with E-state index in [2.05, 4.69) is 20.5 Å². The summed E-state index contributed by atoms with van der Waals surface area (Å²) < 4.78 is 0. The van der Waals surface area contributed by atoms with E-state index in [0.29, 0.717) is 11.4 Å². The third-order valence-electron chi connectivity index (χ3n) is 4.03. The molecule has 0 amide bonds. The van der Waals surface area contributed by atoms with Gasteiger partial charge in [0.1, 0.15) is 11.4 Å². The molecular weight excluding hydrogens is 340 g/mol. The molecule has 136 valence electrons. The van der Waals surface area contributed by atoms with E-state index in [1.807, 2.05) is 63.2 Å². The van der Waals surface area contributed by atoms with Crippen molar-refractivity contribution in [3.8, 4) is 11.5 Å². The summed E-state index contributed by atoms with van der Waals surface area (Å²) in [6, 6.07) is 16.1. The molecule has 3 aromatic carbocycles. The fraction of sp³-hybridized carbons (Fsp3) is 0.143. The third kappa shape index (κ3) is 4.36. The lowest BCUT2D eigenvalue weighted by molar-refractivity contribution is 0.453. The number of aryl methyl sites for hydroxylation is 3. The van der Waals surface area contributed by atoms with Gasteiger partial charge < -0.3 is 10.2 Å². The van der Waals surface area contributed by atoms with Crippen LogP contribution in [-0.4, -0.2) is 10.2 Å². The minimum atomic E-state index is -0.278. The molecule has 0 aliphatic carbocycles. The minimum Gasteiger partial charge on any atom is -0.505 e. The van der Waals surface area contributed by atoms with E-state index in [9.17, 15) is 10.2 Å². The van der Waals surface area contributed by atoms with Crippen molar-refractivity contribution in [2.75, 3.05) is 0 Å². The van der Waals surface area contributed by atoms with Crippen molar-refractivity contribution in [3.63, 3.8) is 0 Å². The molecule has 0 unspecified atom stereocenters. The van der Waals surface area contributed by atoms with Gasteiger partial charge in [0, 0.05) is 0 Å². The number of aromatic hydroxyl groups is 2. The Morgan fingerprint density at radius 2 is 1.26 bits per heavy atom. The van der Waals surface area contributed by atoms with Crippen LogP contribution in [0, 0.1) is 20.8 Å². The second kappa shape index (κ2) is 7.78. The standard InChI is InChI=1S/C21H20N4O2/c1-13-4-7-16(8-5-13)22-24-18-10-11-19(26)20(21(18)27)25-23-17-9-6-14(2)12-15(17)3/h4-12,26-27H,1-3H3/b24-22+,25-23+. The minimum absolute atomic E-state index is 0.0460. The molecular formula is C21H20N4O2. The zero-order chi connectivity index (χ0) is 19.4. The molecule has 0 aliphatic rings. The molecule has 27 heavy (non-hydrogen) atoms. The third-order valence-corrected chi connectivity index (χ3v) is 4.03. The molecule has 0 saturated carbocycles.